The van der Waals surface area contributed by atoms with E-state index in [1.54, 1.807) is 45.0 Å². The summed E-state index contributed by atoms with van der Waals surface area (Å²) in [7, 11) is 0. The zero-order valence-corrected chi connectivity index (χ0v) is 15.7. The summed E-state index contributed by atoms with van der Waals surface area (Å²) in [5, 5.41) is 11.1. The van der Waals surface area contributed by atoms with Gasteiger partial charge in [-0.05, 0) is 38.5 Å². The minimum absolute atomic E-state index is 0.413. The van der Waals surface area contributed by atoms with Crippen LogP contribution in [0.25, 0.3) is 0 Å². The molecule has 1 aliphatic heterocycles. The van der Waals surface area contributed by atoms with Crippen molar-refractivity contribution in [3.8, 4) is 0 Å². The second-order valence-corrected chi connectivity index (χ2v) is 7.63. The Bertz CT molecular complexity index is 709. The molecule has 1 aliphatic rings. The molecule has 0 aliphatic carbocycles. The van der Waals surface area contributed by atoms with Crippen molar-refractivity contribution < 1.29 is 19.2 Å². The Hall–Kier alpha value is -2.22. The average Bonchev–Trinajstić information content (AvgIpc) is 2.85. The number of amides is 2. The van der Waals surface area contributed by atoms with Gasteiger partial charge in [0.2, 0.25) is 6.54 Å². The Morgan fingerprint density at radius 2 is 1.96 bits per heavy atom. The SMILES string of the molecule is CC(C)(C)OC(=O)N1C(=O)C=C[C@H]1[C@H](C[N+](=O)[O-])c1ccc(Br)cc1. The largest absolute Gasteiger partial charge is 0.443 e. The molecule has 0 unspecified atom stereocenters. The molecule has 2 amide bonds. The van der Waals surface area contributed by atoms with Crippen molar-refractivity contribution in [1.82, 2.24) is 4.90 Å². The van der Waals surface area contributed by atoms with Crippen LogP contribution in [0.5, 0.6) is 0 Å². The van der Waals surface area contributed by atoms with Crippen LogP contribution < -0.4 is 0 Å². The van der Waals surface area contributed by atoms with Crippen molar-refractivity contribution in [1.29, 1.82) is 0 Å². The summed E-state index contributed by atoms with van der Waals surface area (Å²) in [6, 6.07) is 6.24. The fraction of sp³-hybridized carbons (Fsp3) is 0.412. The van der Waals surface area contributed by atoms with Gasteiger partial charge >= 0.3 is 6.09 Å². The Kier molecular flexibility index (Phi) is 5.62. The summed E-state index contributed by atoms with van der Waals surface area (Å²) in [6.45, 7) is 4.66. The molecule has 8 heteroatoms. The number of nitrogens with zero attached hydrogens (tertiary/aromatic N) is 2. The molecule has 0 bridgehead atoms. The Labute approximate surface area is 153 Å². The second kappa shape index (κ2) is 7.35. The van der Waals surface area contributed by atoms with Crippen LogP contribution in [0, 0.1) is 10.1 Å². The van der Waals surface area contributed by atoms with Gasteiger partial charge in [0, 0.05) is 15.5 Å². The molecule has 0 saturated heterocycles. The monoisotopic (exact) mass is 410 g/mol. The van der Waals surface area contributed by atoms with Gasteiger partial charge < -0.3 is 4.74 Å². The van der Waals surface area contributed by atoms with E-state index >= 15 is 0 Å². The summed E-state index contributed by atoms with van der Waals surface area (Å²) in [5.41, 5.74) is -0.112. The number of carbonyl (C=O) groups is 2. The first-order valence-electron chi connectivity index (χ1n) is 7.70. The summed E-state index contributed by atoms with van der Waals surface area (Å²) in [4.78, 5) is 36.2. The number of benzene rings is 1. The molecule has 0 aromatic heterocycles. The lowest BCUT2D eigenvalue weighted by molar-refractivity contribution is -0.484. The number of carbonyl (C=O) groups excluding carboxylic acids is 2. The topological polar surface area (TPSA) is 89.8 Å². The lowest BCUT2D eigenvalue weighted by atomic mass is 9.91. The van der Waals surface area contributed by atoms with Crippen LogP contribution in [0.4, 0.5) is 4.79 Å². The molecule has 2 rings (SSSR count). The third-order valence-corrected chi connectivity index (χ3v) is 4.15. The highest BCUT2D eigenvalue weighted by Gasteiger charge is 2.41. The van der Waals surface area contributed by atoms with E-state index in [0.717, 1.165) is 9.37 Å². The van der Waals surface area contributed by atoms with Crippen LogP contribution in [0.3, 0.4) is 0 Å². The van der Waals surface area contributed by atoms with Gasteiger partial charge in [0.1, 0.15) is 5.60 Å². The molecule has 0 N–H and O–H groups in total. The van der Waals surface area contributed by atoms with Gasteiger partial charge in [0.05, 0.1) is 12.0 Å². The third kappa shape index (κ3) is 4.88. The minimum atomic E-state index is -0.807. The average molecular weight is 411 g/mol. The Morgan fingerprint density at radius 1 is 1.36 bits per heavy atom. The van der Waals surface area contributed by atoms with E-state index < -0.39 is 41.0 Å². The van der Waals surface area contributed by atoms with Crippen LogP contribution in [0.1, 0.15) is 32.3 Å². The highest BCUT2D eigenvalue weighted by Crippen LogP contribution is 2.30. The maximum absolute atomic E-state index is 12.4. The van der Waals surface area contributed by atoms with Gasteiger partial charge in [0.25, 0.3) is 5.91 Å². The third-order valence-electron chi connectivity index (χ3n) is 3.62. The number of halogens is 1. The van der Waals surface area contributed by atoms with Crippen molar-refractivity contribution in [2.75, 3.05) is 6.54 Å². The number of rotatable bonds is 4. The lowest BCUT2D eigenvalue weighted by Gasteiger charge is -2.30. The molecule has 1 aromatic carbocycles. The second-order valence-electron chi connectivity index (χ2n) is 6.71. The molecule has 0 radical (unpaired) electrons. The predicted molar refractivity (Wildman–Crippen MR) is 94.8 cm³/mol. The van der Waals surface area contributed by atoms with E-state index in [4.69, 9.17) is 4.74 Å². The molecular formula is C17H19BrN2O5. The molecule has 25 heavy (non-hydrogen) atoms. The van der Waals surface area contributed by atoms with Crippen LogP contribution in [0.2, 0.25) is 0 Å². The fourth-order valence-electron chi connectivity index (χ4n) is 2.61. The minimum Gasteiger partial charge on any atom is -0.443 e. The molecule has 0 spiro atoms. The normalized spacial score (nSPS) is 18.3. The summed E-state index contributed by atoms with van der Waals surface area (Å²) in [5.74, 6) is -1.21. The van der Waals surface area contributed by atoms with Gasteiger partial charge in [-0.3, -0.25) is 14.9 Å². The van der Waals surface area contributed by atoms with Crippen molar-refractivity contribution in [2.45, 2.75) is 38.3 Å². The van der Waals surface area contributed by atoms with E-state index in [-0.39, 0.29) is 0 Å². The van der Waals surface area contributed by atoms with Gasteiger partial charge in [-0.1, -0.05) is 34.1 Å². The maximum Gasteiger partial charge on any atom is 0.417 e. The molecule has 0 saturated carbocycles. The van der Waals surface area contributed by atoms with Gasteiger partial charge in [-0.2, -0.15) is 0 Å². The lowest BCUT2D eigenvalue weighted by Crippen LogP contribution is -2.46. The quantitative estimate of drug-likeness (QED) is 0.559. The van der Waals surface area contributed by atoms with Crippen molar-refractivity contribution in [3.05, 3.63) is 56.6 Å². The van der Waals surface area contributed by atoms with E-state index in [9.17, 15) is 19.7 Å². The number of imide groups is 1. The zero-order chi connectivity index (χ0) is 18.8. The van der Waals surface area contributed by atoms with E-state index in [0.29, 0.717) is 5.56 Å². The molecule has 7 nitrogen and oxygen atoms in total. The standard InChI is InChI=1S/C17H19BrN2O5/c1-17(2,3)25-16(22)20-14(8-9-15(20)21)13(10-19(23)24)11-4-6-12(18)7-5-11/h4-9,13-14H,10H2,1-3H3/t13-,14+/m1/s1. The molecule has 134 valence electrons. The molecule has 1 heterocycles. The number of nitro groups is 1. The Balaban J connectivity index is 2.35. The zero-order valence-electron chi connectivity index (χ0n) is 14.1. The van der Waals surface area contributed by atoms with Gasteiger partial charge in [-0.15, -0.1) is 0 Å². The van der Waals surface area contributed by atoms with Crippen molar-refractivity contribution >= 4 is 27.9 Å². The van der Waals surface area contributed by atoms with E-state index in [1.165, 1.54) is 12.2 Å². The van der Waals surface area contributed by atoms with E-state index in [2.05, 4.69) is 15.9 Å². The van der Waals surface area contributed by atoms with Crippen LogP contribution in [-0.4, -0.2) is 40.0 Å². The molecule has 1 aromatic rings. The van der Waals surface area contributed by atoms with Crippen LogP contribution in [0.15, 0.2) is 40.9 Å². The summed E-state index contributed by atoms with van der Waals surface area (Å²) in [6.07, 6.45) is 1.96. The predicted octanol–water partition coefficient (Wildman–Crippen LogP) is 3.51. The molecule has 0 fully saturated rings. The van der Waals surface area contributed by atoms with Gasteiger partial charge in [0.15, 0.2) is 0 Å². The van der Waals surface area contributed by atoms with Gasteiger partial charge in [-0.25, -0.2) is 9.69 Å². The molecule has 2 atom stereocenters. The smallest absolute Gasteiger partial charge is 0.417 e. The first-order valence-corrected chi connectivity index (χ1v) is 8.49. The van der Waals surface area contributed by atoms with Crippen LogP contribution in [-0.2, 0) is 9.53 Å². The summed E-state index contributed by atoms with van der Waals surface area (Å²) < 4.78 is 6.11. The number of hydrogen-bond donors (Lipinski definition) is 0. The van der Waals surface area contributed by atoms with Crippen molar-refractivity contribution in [2.24, 2.45) is 0 Å². The number of hydrogen-bond acceptors (Lipinski definition) is 5. The fourth-order valence-corrected chi connectivity index (χ4v) is 2.88. The number of ether oxygens (including phenoxy) is 1. The van der Waals surface area contributed by atoms with E-state index in [1.807, 2.05) is 0 Å². The maximum atomic E-state index is 12.4. The Morgan fingerprint density at radius 3 is 2.48 bits per heavy atom. The van der Waals surface area contributed by atoms with Crippen molar-refractivity contribution in [3.63, 3.8) is 0 Å². The highest BCUT2D eigenvalue weighted by atomic mass is 79.9. The first kappa shape index (κ1) is 19.1. The summed E-state index contributed by atoms with van der Waals surface area (Å²) >= 11 is 3.32. The van der Waals surface area contributed by atoms with Crippen LogP contribution >= 0.6 is 15.9 Å². The molecular weight excluding hydrogens is 392 g/mol. The first-order chi connectivity index (χ1) is 11.6. The highest BCUT2D eigenvalue weighted by molar-refractivity contribution is 9.10.